The highest BCUT2D eigenvalue weighted by molar-refractivity contribution is 5.79. The van der Waals surface area contributed by atoms with E-state index < -0.39 is 4.92 Å². The zero-order valence-corrected chi connectivity index (χ0v) is 8.79. The molecule has 0 bridgehead atoms. The van der Waals surface area contributed by atoms with Gasteiger partial charge in [0, 0.05) is 25.2 Å². The van der Waals surface area contributed by atoms with E-state index in [1.807, 2.05) is 0 Å². The van der Waals surface area contributed by atoms with E-state index in [1.54, 1.807) is 11.9 Å². The Bertz CT molecular complexity index is 406. The van der Waals surface area contributed by atoms with E-state index in [2.05, 4.69) is 0 Å². The van der Waals surface area contributed by atoms with E-state index in [0.717, 1.165) is 0 Å². The molecular weight excluding hydrogens is 212 g/mol. The summed E-state index contributed by atoms with van der Waals surface area (Å²) < 4.78 is 0. The molecule has 86 valence electrons. The number of nitrogens with zero attached hydrogens (tertiary/aromatic N) is 2. The van der Waals surface area contributed by atoms with Crippen LogP contribution in [-0.4, -0.2) is 36.5 Å². The zero-order chi connectivity index (χ0) is 12.1. The van der Waals surface area contributed by atoms with Gasteiger partial charge in [-0.2, -0.15) is 0 Å². The van der Waals surface area contributed by atoms with Crippen molar-refractivity contribution in [2.24, 2.45) is 0 Å². The van der Waals surface area contributed by atoms with Crippen LogP contribution in [0.25, 0.3) is 0 Å². The maximum atomic E-state index is 10.8. The summed E-state index contributed by atoms with van der Waals surface area (Å²) in [7, 11) is 1.64. The SMILES string of the molecule is CN(CCO)c1ccc(C=O)cc1[N+](=O)[O-]. The zero-order valence-electron chi connectivity index (χ0n) is 8.79. The van der Waals surface area contributed by atoms with Crippen molar-refractivity contribution in [2.45, 2.75) is 0 Å². The minimum Gasteiger partial charge on any atom is -0.395 e. The fourth-order valence-electron chi connectivity index (χ4n) is 1.35. The van der Waals surface area contributed by atoms with E-state index >= 15 is 0 Å². The number of hydrogen-bond acceptors (Lipinski definition) is 5. The molecule has 0 aromatic heterocycles. The Labute approximate surface area is 92.3 Å². The van der Waals surface area contributed by atoms with Crippen LogP contribution in [0.5, 0.6) is 0 Å². The van der Waals surface area contributed by atoms with E-state index in [1.165, 1.54) is 18.2 Å². The summed E-state index contributed by atoms with van der Waals surface area (Å²) in [5, 5.41) is 19.6. The van der Waals surface area contributed by atoms with E-state index in [9.17, 15) is 14.9 Å². The second kappa shape index (κ2) is 5.22. The number of nitro benzene ring substituents is 1. The quantitative estimate of drug-likeness (QED) is 0.455. The Balaban J connectivity index is 3.17. The fraction of sp³-hybridized carbons (Fsp3) is 0.300. The van der Waals surface area contributed by atoms with Gasteiger partial charge in [-0.25, -0.2) is 0 Å². The largest absolute Gasteiger partial charge is 0.395 e. The molecule has 0 saturated heterocycles. The van der Waals surface area contributed by atoms with Gasteiger partial charge in [0.25, 0.3) is 5.69 Å². The highest BCUT2D eigenvalue weighted by Crippen LogP contribution is 2.27. The first-order valence-corrected chi connectivity index (χ1v) is 4.65. The van der Waals surface area contributed by atoms with Crippen molar-refractivity contribution in [1.82, 2.24) is 0 Å². The Kier molecular flexibility index (Phi) is 3.96. The molecule has 6 heteroatoms. The lowest BCUT2D eigenvalue weighted by atomic mass is 10.2. The summed E-state index contributed by atoms with van der Waals surface area (Å²) in [4.78, 5) is 22.3. The van der Waals surface area contributed by atoms with Crippen molar-refractivity contribution in [1.29, 1.82) is 0 Å². The molecule has 0 aliphatic carbocycles. The van der Waals surface area contributed by atoms with Gasteiger partial charge in [-0.3, -0.25) is 14.9 Å². The Morgan fingerprint density at radius 3 is 2.75 bits per heavy atom. The summed E-state index contributed by atoms with van der Waals surface area (Å²) >= 11 is 0. The Morgan fingerprint density at radius 1 is 1.56 bits per heavy atom. The summed E-state index contributed by atoms with van der Waals surface area (Å²) in [6.07, 6.45) is 0.558. The number of aliphatic hydroxyl groups is 1. The Hall–Kier alpha value is -1.95. The molecule has 0 amide bonds. The van der Waals surface area contributed by atoms with E-state index in [0.29, 0.717) is 18.5 Å². The molecule has 0 aliphatic heterocycles. The topological polar surface area (TPSA) is 83.7 Å². The van der Waals surface area contributed by atoms with Crippen LogP contribution in [0.15, 0.2) is 18.2 Å². The molecule has 1 rings (SSSR count). The van der Waals surface area contributed by atoms with Crippen LogP contribution >= 0.6 is 0 Å². The van der Waals surface area contributed by atoms with Gasteiger partial charge in [0.05, 0.1) is 11.5 Å². The average molecular weight is 224 g/mol. The number of rotatable bonds is 5. The maximum Gasteiger partial charge on any atom is 0.293 e. The first-order valence-electron chi connectivity index (χ1n) is 4.65. The highest BCUT2D eigenvalue weighted by atomic mass is 16.6. The second-order valence-electron chi connectivity index (χ2n) is 3.27. The van der Waals surface area contributed by atoms with E-state index in [4.69, 9.17) is 5.11 Å². The smallest absolute Gasteiger partial charge is 0.293 e. The maximum absolute atomic E-state index is 10.8. The lowest BCUT2D eigenvalue weighted by Crippen LogP contribution is -2.22. The van der Waals surface area contributed by atoms with Crippen LogP contribution in [0, 0.1) is 10.1 Å². The van der Waals surface area contributed by atoms with Gasteiger partial charge in [0.15, 0.2) is 0 Å². The molecule has 0 spiro atoms. The number of aldehydes is 1. The summed E-state index contributed by atoms with van der Waals surface area (Å²) in [6, 6.07) is 4.22. The van der Waals surface area contributed by atoms with Crippen LogP contribution in [0.2, 0.25) is 0 Å². The van der Waals surface area contributed by atoms with Gasteiger partial charge in [0.1, 0.15) is 12.0 Å². The Morgan fingerprint density at radius 2 is 2.25 bits per heavy atom. The molecule has 1 aromatic carbocycles. The average Bonchev–Trinajstić information content (AvgIpc) is 2.28. The molecule has 0 saturated carbocycles. The number of carbonyl (C=O) groups is 1. The highest BCUT2D eigenvalue weighted by Gasteiger charge is 2.17. The van der Waals surface area contributed by atoms with Crippen LogP contribution in [0.4, 0.5) is 11.4 Å². The predicted molar refractivity (Wildman–Crippen MR) is 58.8 cm³/mol. The molecule has 16 heavy (non-hydrogen) atoms. The molecule has 0 radical (unpaired) electrons. The predicted octanol–water partition coefficient (Wildman–Crippen LogP) is 0.836. The van der Waals surface area contributed by atoms with Gasteiger partial charge >= 0.3 is 0 Å². The standard InChI is InChI=1S/C10H12N2O4/c1-11(4-5-13)9-3-2-8(7-14)6-10(9)12(15)16/h2-3,6-7,13H,4-5H2,1H3. The monoisotopic (exact) mass is 224 g/mol. The number of benzene rings is 1. The minimum atomic E-state index is -0.545. The van der Waals surface area contributed by atoms with Gasteiger partial charge < -0.3 is 10.0 Å². The first kappa shape index (κ1) is 12.1. The van der Waals surface area contributed by atoms with E-state index in [-0.39, 0.29) is 17.9 Å². The molecule has 0 fully saturated rings. The minimum absolute atomic E-state index is 0.0942. The number of hydrogen-bond donors (Lipinski definition) is 1. The van der Waals surface area contributed by atoms with Crippen LogP contribution in [-0.2, 0) is 0 Å². The van der Waals surface area contributed by atoms with Gasteiger partial charge in [-0.1, -0.05) is 0 Å². The number of nitro groups is 1. The molecule has 0 atom stereocenters. The number of carbonyl (C=O) groups excluding carboxylic acids is 1. The summed E-state index contributed by atoms with van der Waals surface area (Å²) in [5.41, 5.74) is 0.498. The second-order valence-corrected chi connectivity index (χ2v) is 3.27. The summed E-state index contributed by atoms with van der Waals surface area (Å²) in [5.74, 6) is 0. The third-order valence-electron chi connectivity index (χ3n) is 2.18. The number of anilines is 1. The van der Waals surface area contributed by atoms with Crippen molar-refractivity contribution >= 4 is 17.7 Å². The summed E-state index contributed by atoms with van der Waals surface area (Å²) in [6.45, 7) is 0.199. The van der Waals surface area contributed by atoms with Crippen molar-refractivity contribution in [3.63, 3.8) is 0 Å². The molecular formula is C10H12N2O4. The molecule has 0 unspecified atom stereocenters. The van der Waals surface area contributed by atoms with Crippen molar-refractivity contribution in [2.75, 3.05) is 25.1 Å². The van der Waals surface area contributed by atoms with Crippen molar-refractivity contribution in [3.05, 3.63) is 33.9 Å². The normalized spacial score (nSPS) is 9.88. The third-order valence-corrected chi connectivity index (χ3v) is 2.18. The molecule has 1 N–H and O–H groups in total. The molecule has 0 heterocycles. The molecule has 0 aliphatic rings. The van der Waals surface area contributed by atoms with Crippen molar-refractivity contribution < 1.29 is 14.8 Å². The fourth-order valence-corrected chi connectivity index (χ4v) is 1.35. The molecule has 6 nitrogen and oxygen atoms in total. The van der Waals surface area contributed by atoms with Gasteiger partial charge in [0.2, 0.25) is 0 Å². The van der Waals surface area contributed by atoms with Gasteiger partial charge in [-0.15, -0.1) is 0 Å². The molecule has 1 aromatic rings. The number of likely N-dealkylation sites (N-methyl/N-ethyl adjacent to an activating group) is 1. The van der Waals surface area contributed by atoms with Crippen molar-refractivity contribution in [3.8, 4) is 0 Å². The first-order chi connectivity index (χ1) is 7.60. The lowest BCUT2D eigenvalue weighted by molar-refractivity contribution is -0.384. The lowest BCUT2D eigenvalue weighted by Gasteiger charge is -2.17. The van der Waals surface area contributed by atoms with Crippen LogP contribution < -0.4 is 4.90 Å². The third kappa shape index (κ3) is 2.54. The van der Waals surface area contributed by atoms with Crippen LogP contribution in [0.3, 0.4) is 0 Å². The number of aliphatic hydroxyl groups excluding tert-OH is 1. The van der Waals surface area contributed by atoms with Crippen LogP contribution in [0.1, 0.15) is 10.4 Å². The van der Waals surface area contributed by atoms with Gasteiger partial charge in [-0.05, 0) is 12.1 Å².